The zero-order valence-electron chi connectivity index (χ0n) is 12.7. The van der Waals surface area contributed by atoms with Crippen LogP contribution in [0.1, 0.15) is 12.0 Å². The fraction of sp³-hybridized carbons (Fsp3) is 0.357. The Labute approximate surface area is 147 Å². The van der Waals surface area contributed by atoms with Gasteiger partial charge in [-0.25, -0.2) is 0 Å². The molecule has 0 aliphatic heterocycles. The van der Waals surface area contributed by atoms with Crippen LogP contribution in [-0.2, 0) is 16.1 Å². The van der Waals surface area contributed by atoms with Gasteiger partial charge in [0.05, 0.1) is 19.1 Å². The summed E-state index contributed by atoms with van der Waals surface area (Å²) in [6, 6.07) is 5.60. The third-order valence-corrected chi connectivity index (χ3v) is 3.01. The molecule has 0 aliphatic rings. The van der Waals surface area contributed by atoms with Crippen molar-refractivity contribution in [1.29, 1.82) is 0 Å². The van der Waals surface area contributed by atoms with Crippen LogP contribution in [-0.4, -0.2) is 40.4 Å². The Kier molecular flexibility index (Phi) is 10.2. The molecule has 3 N–H and O–H groups in total. The van der Waals surface area contributed by atoms with E-state index in [1.165, 1.54) is 7.11 Å². The van der Waals surface area contributed by atoms with E-state index >= 15 is 0 Å². The van der Waals surface area contributed by atoms with Gasteiger partial charge in [-0.2, -0.15) is 5.10 Å². The molecule has 1 unspecified atom stereocenters. The molecule has 1 atom stereocenters. The average Bonchev–Trinajstić information content (AvgIpc) is 2.92. The second kappa shape index (κ2) is 11.0. The normalized spacial score (nSPS) is 11.0. The molecule has 2 rings (SSSR count). The summed E-state index contributed by atoms with van der Waals surface area (Å²) in [5, 5.41) is 7.03. The van der Waals surface area contributed by atoms with Crippen molar-refractivity contribution in [2.45, 2.75) is 19.1 Å². The van der Waals surface area contributed by atoms with Gasteiger partial charge >= 0.3 is 0 Å². The van der Waals surface area contributed by atoms with E-state index in [1.54, 1.807) is 23.1 Å². The van der Waals surface area contributed by atoms with E-state index in [4.69, 9.17) is 10.5 Å². The number of nitrogens with two attached hydrogens (primary N) is 1. The largest absolute Gasteiger partial charge is 0.380 e. The van der Waals surface area contributed by atoms with Crippen molar-refractivity contribution in [1.82, 2.24) is 14.8 Å². The summed E-state index contributed by atoms with van der Waals surface area (Å²) in [5.74, 6) is 0.349. The molecule has 23 heavy (non-hydrogen) atoms. The highest BCUT2D eigenvalue weighted by molar-refractivity contribution is 5.90. The molecule has 0 saturated carbocycles. The Morgan fingerprint density at radius 3 is 2.65 bits per heavy atom. The van der Waals surface area contributed by atoms with Crippen LogP contribution in [0.25, 0.3) is 0 Å². The molecule has 0 radical (unpaired) electrons. The summed E-state index contributed by atoms with van der Waals surface area (Å²) in [5.41, 5.74) is 6.58. The van der Waals surface area contributed by atoms with Crippen molar-refractivity contribution >= 4 is 36.5 Å². The number of carbonyl (C=O) groups is 1. The molecular weight excluding hydrogens is 341 g/mol. The van der Waals surface area contributed by atoms with Crippen LogP contribution in [0, 0.1) is 0 Å². The smallest absolute Gasteiger partial charge is 0.228 e. The minimum absolute atomic E-state index is 0. The second-order valence-corrected chi connectivity index (χ2v) is 4.60. The summed E-state index contributed by atoms with van der Waals surface area (Å²) in [6.45, 7) is 0.933. The predicted octanol–water partition coefficient (Wildman–Crippen LogP) is 1.47. The standard InChI is InChI=1S/C14H19N5O2.2ClH/c1-21-12(9-15)8-14(20)17-13-4-7-19(18-13)10-11-2-5-16-6-3-11;;/h2-7,12H,8-10,15H2,1H3,(H,17,18,20);2*1H. The number of nitrogens with zero attached hydrogens (tertiary/aromatic N) is 3. The molecule has 0 saturated heterocycles. The van der Waals surface area contributed by atoms with Gasteiger partial charge in [-0.3, -0.25) is 14.5 Å². The lowest BCUT2D eigenvalue weighted by molar-refractivity contribution is -0.118. The summed E-state index contributed by atoms with van der Waals surface area (Å²) >= 11 is 0. The summed E-state index contributed by atoms with van der Waals surface area (Å²) in [7, 11) is 1.54. The van der Waals surface area contributed by atoms with E-state index in [2.05, 4.69) is 15.4 Å². The third kappa shape index (κ3) is 6.96. The maximum absolute atomic E-state index is 11.8. The second-order valence-electron chi connectivity index (χ2n) is 4.60. The number of nitrogens with one attached hydrogen (secondary N) is 1. The lowest BCUT2D eigenvalue weighted by atomic mass is 10.2. The van der Waals surface area contributed by atoms with Crippen molar-refractivity contribution in [3.63, 3.8) is 0 Å². The van der Waals surface area contributed by atoms with Crippen LogP contribution in [0.4, 0.5) is 5.82 Å². The van der Waals surface area contributed by atoms with Crippen LogP contribution in [0.5, 0.6) is 0 Å². The van der Waals surface area contributed by atoms with Gasteiger partial charge in [0.15, 0.2) is 5.82 Å². The third-order valence-electron chi connectivity index (χ3n) is 3.01. The van der Waals surface area contributed by atoms with Gasteiger partial charge in [0.2, 0.25) is 5.91 Å². The molecule has 0 bridgehead atoms. The number of amides is 1. The number of ether oxygens (including phenoxy) is 1. The Hall–Kier alpha value is -1.67. The summed E-state index contributed by atoms with van der Waals surface area (Å²) in [6.07, 6.45) is 5.22. The van der Waals surface area contributed by atoms with Crippen LogP contribution in [0.2, 0.25) is 0 Å². The van der Waals surface area contributed by atoms with E-state index in [-0.39, 0.29) is 43.2 Å². The Morgan fingerprint density at radius 2 is 2.04 bits per heavy atom. The van der Waals surface area contributed by atoms with Gasteiger partial charge in [-0.1, -0.05) is 0 Å². The van der Waals surface area contributed by atoms with Crippen LogP contribution < -0.4 is 11.1 Å². The molecule has 2 aromatic rings. The van der Waals surface area contributed by atoms with E-state index in [9.17, 15) is 4.79 Å². The minimum atomic E-state index is -0.274. The van der Waals surface area contributed by atoms with E-state index < -0.39 is 0 Å². The maximum Gasteiger partial charge on any atom is 0.228 e. The number of halogens is 2. The van der Waals surface area contributed by atoms with Crippen molar-refractivity contribution in [2.24, 2.45) is 5.73 Å². The summed E-state index contributed by atoms with van der Waals surface area (Å²) < 4.78 is 6.83. The zero-order valence-corrected chi connectivity index (χ0v) is 14.3. The van der Waals surface area contributed by atoms with Crippen LogP contribution in [0.3, 0.4) is 0 Å². The van der Waals surface area contributed by atoms with Gasteiger partial charge in [-0.05, 0) is 17.7 Å². The van der Waals surface area contributed by atoms with E-state index in [1.807, 2.05) is 18.3 Å². The topological polar surface area (TPSA) is 95.1 Å². The number of hydrogen-bond donors (Lipinski definition) is 2. The first-order chi connectivity index (χ1) is 10.2. The highest BCUT2D eigenvalue weighted by atomic mass is 35.5. The number of hydrogen-bond acceptors (Lipinski definition) is 5. The molecule has 2 aromatic heterocycles. The number of anilines is 1. The molecule has 0 aliphatic carbocycles. The molecule has 2 heterocycles. The summed E-state index contributed by atoms with van der Waals surface area (Å²) in [4.78, 5) is 15.8. The SMILES string of the molecule is COC(CN)CC(=O)Nc1ccn(Cc2ccncc2)n1.Cl.Cl. The number of aromatic nitrogens is 3. The van der Waals surface area contributed by atoms with Crippen molar-refractivity contribution in [3.05, 3.63) is 42.4 Å². The molecule has 1 amide bonds. The Bertz CT molecular complexity index is 576. The molecular formula is C14H21Cl2N5O2. The molecule has 128 valence electrons. The molecule has 0 aromatic carbocycles. The predicted molar refractivity (Wildman–Crippen MR) is 93.2 cm³/mol. The number of carbonyl (C=O) groups excluding carboxylic acids is 1. The maximum atomic E-state index is 11.8. The van der Waals surface area contributed by atoms with Crippen molar-refractivity contribution in [2.75, 3.05) is 19.0 Å². The van der Waals surface area contributed by atoms with Gasteiger partial charge in [-0.15, -0.1) is 24.8 Å². The zero-order chi connectivity index (χ0) is 15.1. The number of methoxy groups -OCH3 is 1. The van der Waals surface area contributed by atoms with E-state index in [0.717, 1.165) is 5.56 Å². The van der Waals surface area contributed by atoms with Crippen molar-refractivity contribution in [3.8, 4) is 0 Å². The highest BCUT2D eigenvalue weighted by Gasteiger charge is 2.12. The average molecular weight is 362 g/mol. The first-order valence-corrected chi connectivity index (χ1v) is 6.66. The van der Waals surface area contributed by atoms with Crippen LogP contribution >= 0.6 is 24.8 Å². The number of pyridine rings is 1. The highest BCUT2D eigenvalue weighted by Crippen LogP contribution is 2.07. The number of rotatable bonds is 7. The quantitative estimate of drug-likeness (QED) is 0.778. The first-order valence-electron chi connectivity index (χ1n) is 6.66. The Balaban J connectivity index is 0.00000242. The Morgan fingerprint density at radius 1 is 1.35 bits per heavy atom. The van der Waals surface area contributed by atoms with E-state index in [0.29, 0.717) is 18.9 Å². The van der Waals surface area contributed by atoms with Crippen molar-refractivity contribution < 1.29 is 9.53 Å². The monoisotopic (exact) mass is 361 g/mol. The lowest BCUT2D eigenvalue weighted by Crippen LogP contribution is -2.28. The first kappa shape index (κ1) is 21.3. The lowest BCUT2D eigenvalue weighted by Gasteiger charge is -2.11. The molecule has 7 nitrogen and oxygen atoms in total. The minimum Gasteiger partial charge on any atom is -0.380 e. The molecule has 0 fully saturated rings. The molecule has 0 spiro atoms. The van der Waals surface area contributed by atoms with Gasteiger partial charge in [0.25, 0.3) is 0 Å². The fourth-order valence-corrected chi connectivity index (χ4v) is 1.86. The van der Waals surface area contributed by atoms with Gasteiger partial charge in [0, 0.05) is 38.3 Å². The fourth-order valence-electron chi connectivity index (χ4n) is 1.86. The van der Waals surface area contributed by atoms with Crippen LogP contribution in [0.15, 0.2) is 36.8 Å². The van der Waals surface area contributed by atoms with Gasteiger partial charge in [0.1, 0.15) is 0 Å². The molecule has 9 heteroatoms. The van der Waals surface area contributed by atoms with Gasteiger partial charge < -0.3 is 15.8 Å².